The number of rotatable bonds is 2. The second-order valence-corrected chi connectivity index (χ2v) is 4.49. The second-order valence-electron chi connectivity index (χ2n) is 2.80. The molecule has 0 aliphatic heterocycles. The van der Waals surface area contributed by atoms with Gasteiger partial charge >= 0.3 is 6.30 Å². The van der Waals surface area contributed by atoms with Gasteiger partial charge in [0.25, 0.3) is 0 Å². The van der Waals surface area contributed by atoms with Crippen LogP contribution in [0, 0.1) is 17.5 Å². The van der Waals surface area contributed by atoms with Crippen LogP contribution in [0.3, 0.4) is 0 Å². The van der Waals surface area contributed by atoms with Gasteiger partial charge in [-0.1, -0.05) is 0 Å². The van der Waals surface area contributed by atoms with Gasteiger partial charge in [0, 0.05) is 0 Å². The number of sulfonamides is 1. The highest BCUT2D eigenvalue weighted by atomic mass is 32.2. The third-order valence-corrected chi connectivity index (χ3v) is 2.87. The Balaban J connectivity index is 3.26. The zero-order chi connectivity index (χ0) is 13.4. The van der Waals surface area contributed by atoms with Gasteiger partial charge in [0.1, 0.15) is 0 Å². The molecule has 0 heterocycles. The highest BCUT2D eigenvalue weighted by molar-refractivity contribution is 7.89. The lowest BCUT2D eigenvalue weighted by Gasteiger charge is -2.09. The number of alkyl halides is 3. The summed E-state index contributed by atoms with van der Waals surface area (Å²) in [7, 11) is -5.20. The zero-order valence-corrected chi connectivity index (χ0v) is 8.46. The highest BCUT2D eigenvalue weighted by Gasteiger charge is 2.35. The molecule has 0 saturated carbocycles. The van der Waals surface area contributed by atoms with Gasteiger partial charge in [-0.2, -0.15) is 13.2 Å². The normalized spacial score (nSPS) is 12.8. The molecule has 0 saturated heterocycles. The minimum Gasteiger partial charge on any atom is -0.207 e. The summed E-state index contributed by atoms with van der Waals surface area (Å²) in [4.78, 5) is -1.37. The average molecular weight is 279 g/mol. The van der Waals surface area contributed by atoms with E-state index in [-0.39, 0.29) is 16.9 Å². The number of benzene rings is 1. The van der Waals surface area contributed by atoms with Crippen LogP contribution in [0.5, 0.6) is 0 Å². The molecule has 17 heavy (non-hydrogen) atoms. The molecule has 10 heteroatoms. The van der Waals surface area contributed by atoms with Gasteiger partial charge in [0.2, 0.25) is 10.0 Å². The minimum absolute atomic E-state index is 0.0630. The van der Waals surface area contributed by atoms with Crippen LogP contribution in [0.25, 0.3) is 0 Å². The molecule has 0 spiro atoms. The largest absolute Gasteiger partial charge is 0.470 e. The Morgan fingerprint density at radius 2 is 1.41 bits per heavy atom. The molecule has 0 aliphatic carbocycles. The molecule has 1 aromatic carbocycles. The number of hydrogen-bond donors (Lipinski definition) is 1. The maximum absolute atomic E-state index is 12.6. The van der Waals surface area contributed by atoms with Crippen LogP contribution in [0.1, 0.15) is 0 Å². The lowest BCUT2D eigenvalue weighted by atomic mass is 10.3. The molecule has 0 amide bonds. The van der Waals surface area contributed by atoms with E-state index in [2.05, 4.69) is 0 Å². The number of nitrogens with one attached hydrogen (secondary N) is 1. The standard InChI is InChI=1S/C7H3F6NO2S/c8-4-1-3(2-5(9)6(4)10)17(15,16)14-7(11,12)13/h1-2,14H. The van der Waals surface area contributed by atoms with Crippen molar-refractivity contribution in [2.45, 2.75) is 11.2 Å². The summed E-state index contributed by atoms with van der Waals surface area (Å²) < 4.78 is 95.1. The molecule has 3 nitrogen and oxygen atoms in total. The van der Waals surface area contributed by atoms with Crippen molar-refractivity contribution in [2.24, 2.45) is 0 Å². The van der Waals surface area contributed by atoms with Gasteiger partial charge in [-0.3, -0.25) is 0 Å². The smallest absolute Gasteiger partial charge is 0.207 e. The van der Waals surface area contributed by atoms with Gasteiger partial charge in [0.05, 0.1) is 4.90 Å². The molecular weight excluding hydrogens is 276 g/mol. The van der Waals surface area contributed by atoms with Crippen molar-refractivity contribution < 1.29 is 34.8 Å². The van der Waals surface area contributed by atoms with Crippen molar-refractivity contribution in [1.82, 2.24) is 4.72 Å². The first-order valence-corrected chi connectivity index (χ1v) is 5.26. The first-order valence-electron chi connectivity index (χ1n) is 3.78. The molecule has 0 aromatic heterocycles. The van der Waals surface area contributed by atoms with Gasteiger partial charge < -0.3 is 0 Å². The summed E-state index contributed by atoms with van der Waals surface area (Å²) in [5.41, 5.74) is 0. The Labute approximate surface area is 91.1 Å². The number of halogens is 6. The fourth-order valence-electron chi connectivity index (χ4n) is 0.899. The molecular formula is C7H3F6NO2S. The summed E-state index contributed by atoms with van der Waals surface area (Å²) in [5, 5.41) is 0. The Hall–Kier alpha value is -1.29. The predicted molar refractivity (Wildman–Crippen MR) is 42.7 cm³/mol. The average Bonchev–Trinajstić information content (AvgIpc) is 2.09. The van der Waals surface area contributed by atoms with Crippen LogP contribution < -0.4 is 4.72 Å². The van der Waals surface area contributed by atoms with E-state index in [0.29, 0.717) is 0 Å². The van der Waals surface area contributed by atoms with Crippen molar-refractivity contribution in [3.63, 3.8) is 0 Å². The van der Waals surface area contributed by atoms with Gasteiger partial charge in [-0.25, -0.2) is 21.6 Å². The van der Waals surface area contributed by atoms with E-state index in [1.807, 2.05) is 0 Å². The van der Waals surface area contributed by atoms with Gasteiger partial charge in [-0.15, -0.1) is 4.72 Å². The molecule has 96 valence electrons. The Morgan fingerprint density at radius 3 is 1.76 bits per heavy atom. The summed E-state index contributed by atoms with van der Waals surface area (Å²) in [5.74, 6) is -5.80. The Morgan fingerprint density at radius 1 is 1.00 bits per heavy atom. The third-order valence-electron chi connectivity index (χ3n) is 1.52. The molecule has 0 radical (unpaired) electrons. The van der Waals surface area contributed by atoms with Crippen LogP contribution >= 0.6 is 0 Å². The zero-order valence-electron chi connectivity index (χ0n) is 7.65. The lowest BCUT2D eigenvalue weighted by molar-refractivity contribution is -0.138. The number of hydrogen-bond acceptors (Lipinski definition) is 2. The molecule has 1 rings (SSSR count). The SMILES string of the molecule is O=S(=O)(NC(F)(F)F)c1cc(F)c(F)c(F)c1. The van der Waals surface area contributed by atoms with Crippen molar-refractivity contribution >= 4 is 10.0 Å². The van der Waals surface area contributed by atoms with Gasteiger partial charge in [-0.05, 0) is 12.1 Å². The monoisotopic (exact) mass is 279 g/mol. The van der Waals surface area contributed by atoms with E-state index >= 15 is 0 Å². The molecule has 0 fully saturated rings. The molecule has 0 unspecified atom stereocenters. The highest BCUT2D eigenvalue weighted by Crippen LogP contribution is 2.20. The van der Waals surface area contributed by atoms with Crippen LogP contribution in [-0.4, -0.2) is 14.7 Å². The fourth-order valence-corrected chi connectivity index (χ4v) is 1.84. The summed E-state index contributed by atoms with van der Waals surface area (Å²) in [6, 6.07) is -0.126. The van der Waals surface area contributed by atoms with Crippen molar-refractivity contribution in [2.75, 3.05) is 0 Å². The van der Waals surface area contributed by atoms with Crippen LogP contribution in [0.2, 0.25) is 0 Å². The molecule has 0 aliphatic rings. The molecule has 1 aromatic rings. The second kappa shape index (κ2) is 4.18. The van der Waals surface area contributed by atoms with E-state index in [1.165, 1.54) is 0 Å². The lowest BCUT2D eigenvalue weighted by Crippen LogP contribution is -2.37. The van der Waals surface area contributed by atoms with Gasteiger partial charge in [0.15, 0.2) is 17.5 Å². The summed E-state index contributed by atoms with van der Waals surface area (Å²) in [6.45, 7) is 0. The maximum atomic E-state index is 12.6. The van der Waals surface area contributed by atoms with E-state index in [4.69, 9.17) is 0 Å². The Kier molecular flexibility index (Phi) is 3.39. The molecule has 0 bridgehead atoms. The van der Waals surface area contributed by atoms with E-state index in [0.717, 1.165) is 0 Å². The quantitative estimate of drug-likeness (QED) is 0.510. The van der Waals surface area contributed by atoms with E-state index in [9.17, 15) is 34.8 Å². The minimum atomic E-state index is -5.31. The van der Waals surface area contributed by atoms with Crippen molar-refractivity contribution in [1.29, 1.82) is 0 Å². The topological polar surface area (TPSA) is 46.2 Å². The Bertz CT molecular complexity index is 515. The first-order chi connectivity index (χ1) is 7.53. The van der Waals surface area contributed by atoms with E-state index in [1.54, 1.807) is 0 Å². The maximum Gasteiger partial charge on any atom is 0.470 e. The van der Waals surface area contributed by atoms with Crippen molar-refractivity contribution in [3.05, 3.63) is 29.6 Å². The molecule has 1 N–H and O–H groups in total. The summed E-state index contributed by atoms with van der Waals surface area (Å²) in [6.07, 6.45) is -5.31. The predicted octanol–water partition coefficient (Wildman–Crippen LogP) is 1.90. The van der Waals surface area contributed by atoms with Crippen LogP contribution in [0.15, 0.2) is 17.0 Å². The van der Waals surface area contributed by atoms with Crippen molar-refractivity contribution in [3.8, 4) is 0 Å². The fraction of sp³-hybridized carbons (Fsp3) is 0.143. The molecule has 0 atom stereocenters. The third kappa shape index (κ3) is 3.33. The first kappa shape index (κ1) is 13.8. The van der Waals surface area contributed by atoms with Crippen LogP contribution in [0.4, 0.5) is 26.3 Å². The van der Waals surface area contributed by atoms with E-state index < -0.39 is 38.7 Å². The summed E-state index contributed by atoms with van der Waals surface area (Å²) >= 11 is 0. The van der Waals surface area contributed by atoms with Crippen LogP contribution in [-0.2, 0) is 10.0 Å².